The first-order chi connectivity index (χ1) is 9.65. The predicted octanol–water partition coefficient (Wildman–Crippen LogP) is 0.989. The Kier molecular flexibility index (Phi) is 4.81. The third-order valence-electron chi connectivity index (χ3n) is 3.39. The third-order valence-corrected chi connectivity index (χ3v) is 3.39. The summed E-state index contributed by atoms with van der Waals surface area (Å²) in [5.41, 5.74) is 0.932. The smallest absolute Gasteiger partial charge is 0.323 e. The molecule has 1 aromatic carbocycles. The van der Waals surface area contributed by atoms with Crippen LogP contribution in [0, 0.1) is 0 Å². The standard InChI is InChI=1S/C14H19NO5/c1-18-11-4-3-10(13(7-11)19-2)8-15-5-6-20-9-12(15)14(16)17/h3-4,7,12H,5-6,8-9H2,1-2H3,(H,16,17). The minimum Gasteiger partial charge on any atom is -0.497 e. The predicted molar refractivity (Wildman–Crippen MR) is 72.2 cm³/mol. The Bertz CT molecular complexity index is 477. The second-order valence-electron chi connectivity index (χ2n) is 4.58. The van der Waals surface area contributed by atoms with Crippen LogP contribution in [0.4, 0.5) is 0 Å². The molecular weight excluding hydrogens is 262 g/mol. The number of rotatable bonds is 5. The number of aliphatic carboxylic acids is 1. The second kappa shape index (κ2) is 6.58. The van der Waals surface area contributed by atoms with Gasteiger partial charge in [-0.2, -0.15) is 0 Å². The highest BCUT2D eigenvalue weighted by atomic mass is 16.5. The van der Waals surface area contributed by atoms with Crippen molar-refractivity contribution in [3.8, 4) is 11.5 Å². The van der Waals surface area contributed by atoms with E-state index >= 15 is 0 Å². The molecule has 0 saturated carbocycles. The first kappa shape index (κ1) is 14.6. The monoisotopic (exact) mass is 281 g/mol. The molecule has 1 saturated heterocycles. The van der Waals surface area contributed by atoms with Crippen LogP contribution in [0.5, 0.6) is 11.5 Å². The van der Waals surface area contributed by atoms with Crippen molar-refractivity contribution < 1.29 is 24.1 Å². The molecule has 6 heteroatoms. The molecule has 1 N–H and O–H groups in total. The normalized spacial score (nSPS) is 19.6. The number of hydrogen-bond acceptors (Lipinski definition) is 5. The lowest BCUT2D eigenvalue weighted by atomic mass is 10.1. The molecule has 1 aliphatic rings. The van der Waals surface area contributed by atoms with E-state index in [1.807, 2.05) is 17.0 Å². The summed E-state index contributed by atoms with van der Waals surface area (Å²) in [6.45, 7) is 1.86. The molecule has 0 bridgehead atoms. The fourth-order valence-electron chi connectivity index (χ4n) is 2.26. The lowest BCUT2D eigenvalue weighted by Gasteiger charge is -2.33. The van der Waals surface area contributed by atoms with Crippen LogP contribution in [-0.2, 0) is 16.1 Å². The lowest BCUT2D eigenvalue weighted by molar-refractivity contribution is -0.150. The van der Waals surface area contributed by atoms with Gasteiger partial charge in [-0.05, 0) is 6.07 Å². The van der Waals surface area contributed by atoms with Crippen LogP contribution >= 0.6 is 0 Å². The summed E-state index contributed by atoms with van der Waals surface area (Å²) in [7, 11) is 3.18. The minimum absolute atomic E-state index is 0.216. The molecule has 1 heterocycles. The number of ether oxygens (including phenoxy) is 3. The van der Waals surface area contributed by atoms with Gasteiger partial charge < -0.3 is 19.3 Å². The summed E-state index contributed by atoms with van der Waals surface area (Å²) in [5.74, 6) is 0.541. The van der Waals surface area contributed by atoms with E-state index in [9.17, 15) is 9.90 Å². The number of carboxylic acid groups (broad SMARTS) is 1. The molecule has 110 valence electrons. The Morgan fingerprint density at radius 3 is 2.90 bits per heavy atom. The highest BCUT2D eigenvalue weighted by Crippen LogP contribution is 2.26. The molecule has 0 spiro atoms. The van der Waals surface area contributed by atoms with Crippen LogP contribution in [0.2, 0.25) is 0 Å². The van der Waals surface area contributed by atoms with Gasteiger partial charge in [-0.25, -0.2) is 0 Å². The molecule has 20 heavy (non-hydrogen) atoms. The van der Waals surface area contributed by atoms with Crippen LogP contribution in [-0.4, -0.2) is 56.0 Å². The molecule has 1 aliphatic heterocycles. The van der Waals surface area contributed by atoms with E-state index in [1.165, 1.54) is 0 Å². The summed E-state index contributed by atoms with van der Waals surface area (Å²) < 4.78 is 15.7. The number of morpholine rings is 1. The van der Waals surface area contributed by atoms with Crippen LogP contribution < -0.4 is 9.47 Å². The van der Waals surface area contributed by atoms with Gasteiger partial charge in [0.2, 0.25) is 0 Å². The zero-order chi connectivity index (χ0) is 14.5. The van der Waals surface area contributed by atoms with Crippen molar-refractivity contribution in [1.29, 1.82) is 0 Å². The maximum absolute atomic E-state index is 11.2. The Morgan fingerprint density at radius 1 is 1.45 bits per heavy atom. The maximum atomic E-state index is 11.2. The summed E-state index contributed by atoms with van der Waals surface area (Å²) in [6.07, 6.45) is 0. The topological polar surface area (TPSA) is 68.2 Å². The van der Waals surface area contributed by atoms with Crippen molar-refractivity contribution in [2.24, 2.45) is 0 Å². The van der Waals surface area contributed by atoms with Crippen molar-refractivity contribution in [3.05, 3.63) is 23.8 Å². The quantitative estimate of drug-likeness (QED) is 0.868. The van der Waals surface area contributed by atoms with E-state index in [0.717, 1.165) is 5.56 Å². The zero-order valence-corrected chi connectivity index (χ0v) is 11.7. The molecule has 0 radical (unpaired) electrons. The average Bonchev–Trinajstić information content (AvgIpc) is 2.48. The number of benzene rings is 1. The van der Waals surface area contributed by atoms with Crippen LogP contribution in [0.3, 0.4) is 0 Å². The van der Waals surface area contributed by atoms with E-state index in [2.05, 4.69) is 0 Å². The number of methoxy groups -OCH3 is 2. The van der Waals surface area contributed by atoms with Gasteiger partial charge in [0.25, 0.3) is 0 Å². The van der Waals surface area contributed by atoms with Gasteiger partial charge in [0.15, 0.2) is 0 Å². The molecule has 0 amide bonds. The number of hydrogen-bond donors (Lipinski definition) is 1. The lowest BCUT2D eigenvalue weighted by Crippen LogP contribution is -2.49. The Balaban J connectivity index is 2.17. The van der Waals surface area contributed by atoms with E-state index in [-0.39, 0.29) is 6.61 Å². The van der Waals surface area contributed by atoms with Crippen molar-refractivity contribution in [3.63, 3.8) is 0 Å². The third kappa shape index (κ3) is 3.20. The number of nitrogens with zero attached hydrogens (tertiary/aromatic N) is 1. The molecule has 1 unspecified atom stereocenters. The van der Waals surface area contributed by atoms with Crippen molar-refractivity contribution in [1.82, 2.24) is 4.90 Å². The highest BCUT2D eigenvalue weighted by Gasteiger charge is 2.29. The summed E-state index contributed by atoms with van der Waals surface area (Å²) >= 11 is 0. The summed E-state index contributed by atoms with van der Waals surface area (Å²) in [4.78, 5) is 13.1. The van der Waals surface area contributed by atoms with Gasteiger partial charge in [0.05, 0.1) is 27.4 Å². The Morgan fingerprint density at radius 2 is 2.25 bits per heavy atom. The summed E-state index contributed by atoms with van der Waals surface area (Å²) in [6, 6.07) is 4.92. The van der Waals surface area contributed by atoms with Crippen LogP contribution in [0.15, 0.2) is 18.2 Å². The van der Waals surface area contributed by atoms with E-state index in [4.69, 9.17) is 14.2 Å². The molecule has 6 nitrogen and oxygen atoms in total. The first-order valence-electron chi connectivity index (χ1n) is 6.41. The number of carbonyl (C=O) groups is 1. The maximum Gasteiger partial charge on any atom is 0.323 e. The van der Waals surface area contributed by atoms with E-state index in [0.29, 0.717) is 31.2 Å². The van der Waals surface area contributed by atoms with Gasteiger partial charge in [0.1, 0.15) is 17.5 Å². The van der Waals surface area contributed by atoms with Gasteiger partial charge in [0, 0.05) is 24.7 Å². The summed E-state index contributed by atoms with van der Waals surface area (Å²) in [5, 5.41) is 9.22. The van der Waals surface area contributed by atoms with E-state index < -0.39 is 12.0 Å². The highest BCUT2D eigenvalue weighted by molar-refractivity contribution is 5.73. The van der Waals surface area contributed by atoms with Crippen molar-refractivity contribution >= 4 is 5.97 Å². The van der Waals surface area contributed by atoms with Gasteiger partial charge >= 0.3 is 5.97 Å². The Labute approximate surface area is 117 Å². The van der Waals surface area contributed by atoms with Crippen LogP contribution in [0.25, 0.3) is 0 Å². The van der Waals surface area contributed by atoms with Gasteiger partial charge in [-0.15, -0.1) is 0 Å². The van der Waals surface area contributed by atoms with Crippen molar-refractivity contribution in [2.45, 2.75) is 12.6 Å². The first-order valence-corrected chi connectivity index (χ1v) is 6.41. The molecule has 1 aromatic rings. The fourth-order valence-corrected chi connectivity index (χ4v) is 2.26. The molecule has 1 fully saturated rings. The zero-order valence-electron chi connectivity index (χ0n) is 11.7. The molecule has 0 aromatic heterocycles. The average molecular weight is 281 g/mol. The van der Waals surface area contributed by atoms with Crippen molar-refractivity contribution in [2.75, 3.05) is 34.0 Å². The van der Waals surface area contributed by atoms with E-state index in [1.54, 1.807) is 20.3 Å². The Hall–Kier alpha value is -1.79. The van der Waals surface area contributed by atoms with Gasteiger partial charge in [-0.1, -0.05) is 6.07 Å². The van der Waals surface area contributed by atoms with Crippen LogP contribution in [0.1, 0.15) is 5.56 Å². The molecule has 2 rings (SSSR count). The van der Waals surface area contributed by atoms with Gasteiger partial charge in [-0.3, -0.25) is 9.69 Å². The SMILES string of the molecule is COc1ccc(CN2CCOCC2C(=O)O)c(OC)c1. The second-order valence-corrected chi connectivity index (χ2v) is 4.58. The fraction of sp³-hybridized carbons (Fsp3) is 0.500. The molecule has 1 atom stereocenters. The largest absolute Gasteiger partial charge is 0.497 e. The molecular formula is C14H19NO5. The minimum atomic E-state index is -0.864. The molecule has 0 aliphatic carbocycles. The number of carboxylic acids is 1.